The number of ketones is 1. The Morgan fingerprint density at radius 3 is 2.77 bits per heavy atom. The normalized spacial score (nSPS) is 17.6. The number of halogens is 1. The molecule has 31 heavy (non-hydrogen) atoms. The van der Waals surface area contributed by atoms with Gasteiger partial charge in [-0.1, -0.05) is 35.9 Å². The van der Waals surface area contributed by atoms with Crippen LogP contribution in [-0.2, 0) is 4.79 Å². The summed E-state index contributed by atoms with van der Waals surface area (Å²) in [6.07, 6.45) is 3.62. The van der Waals surface area contributed by atoms with Crippen LogP contribution >= 0.6 is 11.6 Å². The molecule has 2 aromatic carbocycles. The van der Waals surface area contributed by atoms with E-state index in [1.165, 1.54) is 0 Å². The average molecular weight is 433 g/mol. The van der Waals surface area contributed by atoms with Gasteiger partial charge in [-0.15, -0.1) is 0 Å². The van der Waals surface area contributed by atoms with Crippen molar-refractivity contribution >= 4 is 34.8 Å². The highest BCUT2D eigenvalue weighted by Crippen LogP contribution is 2.41. The summed E-state index contributed by atoms with van der Waals surface area (Å²) in [5, 5.41) is 11.4. The van der Waals surface area contributed by atoms with Crippen LogP contribution in [-0.4, -0.2) is 21.5 Å². The minimum atomic E-state index is -0.392. The number of allylic oxidation sites excluding steroid dienone is 2. The van der Waals surface area contributed by atoms with Crippen LogP contribution in [0.3, 0.4) is 0 Å². The van der Waals surface area contributed by atoms with Gasteiger partial charge in [0.2, 0.25) is 0 Å². The maximum Gasteiger partial charge on any atom is 0.261 e. The molecule has 1 atom stereocenters. The highest BCUT2D eigenvalue weighted by Gasteiger charge is 2.37. The van der Waals surface area contributed by atoms with Crippen molar-refractivity contribution in [2.24, 2.45) is 0 Å². The van der Waals surface area contributed by atoms with Crippen molar-refractivity contribution in [3.8, 4) is 0 Å². The zero-order chi connectivity index (χ0) is 21.5. The lowest BCUT2D eigenvalue weighted by Gasteiger charge is -2.33. The van der Waals surface area contributed by atoms with Gasteiger partial charge in [0.05, 0.1) is 6.20 Å². The standard InChI is InChI=1S/C24H21ClN4O2/c1-14-4-2-5-17(12-14)27-24(31)18-13-26-29-22(15-8-10-16(25)11-9-15)21-19(28-23(18)29)6-3-7-20(21)30/h2,4-5,8-13,22,28H,3,6-7H2,1H3,(H,27,31)/t22-/m1/s1. The van der Waals surface area contributed by atoms with Crippen LogP contribution in [0, 0.1) is 6.92 Å². The topological polar surface area (TPSA) is 76.0 Å². The number of nitrogens with zero attached hydrogens (tertiary/aromatic N) is 2. The number of fused-ring (bicyclic) bond motifs is 1. The number of anilines is 2. The van der Waals surface area contributed by atoms with E-state index in [4.69, 9.17) is 11.6 Å². The molecule has 2 N–H and O–H groups in total. The second-order valence-corrected chi connectivity index (χ2v) is 8.36. The van der Waals surface area contributed by atoms with Gasteiger partial charge >= 0.3 is 0 Å². The molecule has 156 valence electrons. The third-order valence-corrected chi connectivity index (χ3v) is 6.00. The number of aryl methyl sites for hydroxylation is 1. The number of rotatable bonds is 3. The lowest BCUT2D eigenvalue weighted by Crippen LogP contribution is -2.32. The number of Topliss-reactive ketones (excluding diaryl/α,β-unsaturated/α-hetero) is 1. The van der Waals surface area contributed by atoms with Gasteiger partial charge in [-0.25, -0.2) is 4.68 Å². The number of hydrogen-bond acceptors (Lipinski definition) is 4. The second-order valence-electron chi connectivity index (χ2n) is 7.92. The van der Waals surface area contributed by atoms with Gasteiger partial charge in [0.1, 0.15) is 17.4 Å². The number of carbonyl (C=O) groups is 2. The monoisotopic (exact) mass is 432 g/mol. The summed E-state index contributed by atoms with van der Waals surface area (Å²) in [5.74, 6) is 0.458. The Hall–Kier alpha value is -3.38. The molecule has 0 unspecified atom stereocenters. The van der Waals surface area contributed by atoms with Crippen LogP contribution in [0.15, 0.2) is 66.0 Å². The fraction of sp³-hybridized carbons (Fsp3) is 0.208. The molecule has 7 heteroatoms. The maximum atomic E-state index is 13.1. The average Bonchev–Trinajstić information content (AvgIpc) is 3.17. The lowest BCUT2D eigenvalue weighted by molar-refractivity contribution is -0.116. The van der Waals surface area contributed by atoms with Crippen LogP contribution in [0.2, 0.25) is 5.02 Å². The number of hydrogen-bond donors (Lipinski definition) is 2. The molecular weight excluding hydrogens is 412 g/mol. The van der Waals surface area contributed by atoms with Crippen molar-refractivity contribution in [2.45, 2.75) is 32.2 Å². The second kappa shape index (κ2) is 7.71. The van der Waals surface area contributed by atoms with Crippen LogP contribution in [0.1, 0.15) is 46.8 Å². The molecule has 1 aliphatic carbocycles. The molecule has 1 amide bonds. The van der Waals surface area contributed by atoms with Gasteiger partial charge in [0.15, 0.2) is 5.78 Å². The van der Waals surface area contributed by atoms with Crippen molar-refractivity contribution in [3.05, 3.63) is 87.7 Å². The summed E-state index contributed by atoms with van der Waals surface area (Å²) in [7, 11) is 0. The van der Waals surface area contributed by atoms with E-state index in [1.54, 1.807) is 23.0 Å². The Morgan fingerprint density at radius 2 is 2.00 bits per heavy atom. The van der Waals surface area contributed by atoms with Gasteiger partial charge in [-0.2, -0.15) is 5.10 Å². The quantitative estimate of drug-likeness (QED) is 0.602. The van der Waals surface area contributed by atoms with Gasteiger partial charge in [0, 0.05) is 28.4 Å². The summed E-state index contributed by atoms with van der Waals surface area (Å²) in [6.45, 7) is 1.98. The summed E-state index contributed by atoms with van der Waals surface area (Å²) < 4.78 is 1.73. The highest BCUT2D eigenvalue weighted by atomic mass is 35.5. The summed E-state index contributed by atoms with van der Waals surface area (Å²) in [4.78, 5) is 25.9. The first-order chi connectivity index (χ1) is 15.0. The van der Waals surface area contributed by atoms with Crippen molar-refractivity contribution in [3.63, 3.8) is 0 Å². The number of aromatic nitrogens is 2. The molecule has 2 heterocycles. The zero-order valence-corrected chi connectivity index (χ0v) is 17.7. The molecule has 0 saturated carbocycles. The first-order valence-electron chi connectivity index (χ1n) is 10.3. The van der Waals surface area contributed by atoms with Gasteiger partial charge in [-0.05, 0) is 55.2 Å². The third kappa shape index (κ3) is 3.53. The first kappa shape index (κ1) is 19.6. The SMILES string of the molecule is Cc1cccc(NC(=O)c2cnn3c2NC2=C(C(=O)CCC2)[C@H]3c2ccc(Cl)cc2)c1. The fourth-order valence-electron chi connectivity index (χ4n) is 4.30. The summed E-state index contributed by atoms with van der Waals surface area (Å²) in [6, 6.07) is 14.7. The Bertz CT molecular complexity index is 1230. The van der Waals surface area contributed by atoms with Crippen LogP contribution < -0.4 is 10.6 Å². The van der Waals surface area contributed by atoms with E-state index in [0.29, 0.717) is 22.8 Å². The van der Waals surface area contributed by atoms with E-state index in [0.717, 1.165) is 40.9 Å². The predicted molar refractivity (Wildman–Crippen MR) is 120 cm³/mol. The molecule has 0 radical (unpaired) electrons. The number of nitrogens with one attached hydrogen (secondary N) is 2. The molecule has 0 bridgehead atoms. The summed E-state index contributed by atoms with van der Waals surface area (Å²) >= 11 is 6.08. The molecule has 0 spiro atoms. The minimum absolute atomic E-state index is 0.112. The van der Waals surface area contributed by atoms with Gasteiger partial charge < -0.3 is 10.6 Å². The van der Waals surface area contributed by atoms with E-state index in [-0.39, 0.29) is 11.7 Å². The van der Waals surface area contributed by atoms with Crippen molar-refractivity contribution in [2.75, 3.05) is 10.6 Å². The van der Waals surface area contributed by atoms with E-state index < -0.39 is 6.04 Å². The smallest absolute Gasteiger partial charge is 0.261 e. The number of benzene rings is 2. The molecular formula is C24H21ClN4O2. The van der Waals surface area contributed by atoms with Crippen molar-refractivity contribution in [1.82, 2.24) is 9.78 Å². The predicted octanol–water partition coefficient (Wildman–Crippen LogP) is 5.12. The van der Waals surface area contributed by atoms with E-state index in [9.17, 15) is 9.59 Å². The lowest BCUT2D eigenvalue weighted by atomic mass is 9.85. The van der Waals surface area contributed by atoms with Gasteiger partial charge in [-0.3, -0.25) is 9.59 Å². The Labute approximate surface area is 184 Å². The zero-order valence-electron chi connectivity index (χ0n) is 17.0. The molecule has 5 rings (SSSR count). The number of amides is 1. The molecule has 3 aromatic rings. The summed E-state index contributed by atoms with van der Waals surface area (Å²) in [5.41, 5.74) is 4.71. The van der Waals surface area contributed by atoms with Gasteiger partial charge in [0.25, 0.3) is 5.91 Å². The Kier molecular flexibility index (Phi) is 4.87. The van der Waals surface area contributed by atoms with Crippen molar-refractivity contribution in [1.29, 1.82) is 0 Å². The molecule has 0 fully saturated rings. The Morgan fingerprint density at radius 1 is 1.19 bits per heavy atom. The fourth-order valence-corrected chi connectivity index (χ4v) is 4.42. The van der Waals surface area contributed by atoms with Crippen LogP contribution in [0.25, 0.3) is 0 Å². The first-order valence-corrected chi connectivity index (χ1v) is 10.6. The van der Waals surface area contributed by atoms with E-state index in [2.05, 4.69) is 15.7 Å². The minimum Gasteiger partial charge on any atom is -0.343 e. The molecule has 2 aliphatic rings. The van der Waals surface area contributed by atoms with Crippen molar-refractivity contribution < 1.29 is 9.59 Å². The molecule has 0 saturated heterocycles. The maximum absolute atomic E-state index is 13.1. The highest BCUT2D eigenvalue weighted by molar-refractivity contribution is 6.30. The molecule has 6 nitrogen and oxygen atoms in total. The Balaban J connectivity index is 1.57. The van der Waals surface area contributed by atoms with Crippen LogP contribution in [0.4, 0.5) is 11.5 Å². The third-order valence-electron chi connectivity index (χ3n) is 5.75. The largest absolute Gasteiger partial charge is 0.343 e. The van der Waals surface area contributed by atoms with E-state index in [1.807, 2.05) is 43.3 Å². The van der Waals surface area contributed by atoms with Crippen LogP contribution in [0.5, 0.6) is 0 Å². The van der Waals surface area contributed by atoms with E-state index >= 15 is 0 Å². The molecule has 1 aromatic heterocycles. The number of carbonyl (C=O) groups excluding carboxylic acids is 2. The molecule has 1 aliphatic heterocycles.